The smallest absolute Gasteiger partial charge is 0.242 e. The number of nitrogens with zero attached hydrogens (tertiary/aromatic N) is 5. The van der Waals surface area contributed by atoms with E-state index < -0.39 is 0 Å². The normalized spacial score (nSPS) is 25.1. The standard InChI is InChI=1S/C20H31N5O4/c1-15-12-16(29-21-15)13-18(26)23-6-4-20(5-7-23)24-9-8-22(2)14-17(24)19(27)25(20)10-11-28-3/h12,17H,4-11,13-14H2,1-3H3/t17-/m1/s1. The predicted molar refractivity (Wildman–Crippen MR) is 105 cm³/mol. The molecule has 160 valence electrons. The first-order valence-electron chi connectivity index (χ1n) is 10.4. The molecule has 1 spiro atoms. The molecule has 9 nitrogen and oxygen atoms in total. The maximum Gasteiger partial charge on any atom is 0.242 e. The number of ether oxygens (including phenoxy) is 1. The lowest BCUT2D eigenvalue weighted by Gasteiger charge is -2.50. The lowest BCUT2D eigenvalue weighted by atomic mass is 9.93. The van der Waals surface area contributed by atoms with E-state index in [9.17, 15) is 9.59 Å². The van der Waals surface area contributed by atoms with Crippen LogP contribution in [0.4, 0.5) is 0 Å². The molecular weight excluding hydrogens is 374 g/mol. The number of likely N-dealkylation sites (N-methyl/N-ethyl adjacent to an activating group) is 1. The highest BCUT2D eigenvalue weighted by atomic mass is 16.5. The summed E-state index contributed by atoms with van der Waals surface area (Å²) in [7, 11) is 3.74. The van der Waals surface area contributed by atoms with Gasteiger partial charge in [0.2, 0.25) is 11.8 Å². The number of hydrogen-bond acceptors (Lipinski definition) is 7. The Hall–Kier alpha value is -1.97. The predicted octanol–water partition coefficient (Wildman–Crippen LogP) is -0.0512. The van der Waals surface area contributed by atoms with Crippen LogP contribution in [-0.4, -0.2) is 108 Å². The van der Waals surface area contributed by atoms with Crippen LogP contribution >= 0.6 is 0 Å². The second-order valence-corrected chi connectivity index (χ2v) is 8.43. The third-order valence-electron chi connectivity index (χ3n) is 6.61. The Morgan fingerprint density at radius 3 is 2.72 bits per heavy atom. The van der Waals surface area contributed by atoms with Gasteiger partial charge in [0.15, 0.2) is 0 Å². The molecule has 3 aliphatic rings. The Labute approximate surface area is 171 Å². The molecule has 0 saturated carbocycles. The minimum absolute atomic E-state index is 0.0543. The Balaban J connectivity index is 1.47. The van der Waals surface area contributed by atoms with Crippen LogP contribution in [0.15, 0.2) is 10.6 Å². The number of aryl methyl sites for hydroxylation is 1. The fourth-order valence-corrected chi connectivity index (χ4v) is 5.10. The van der Waals surface area contributed by atoms with E-state index in [-0.39, 0.29) is 29.9 Å². The molecule has 3 fully saturated rings. The molecule has 9 heteroatoms. The topological polar surface area (TPSA) is 82.4 Å². The highest BCUT2D eigenvalue weighted by molar-refractivity contribution is 5.86. The molecule has 4 rings (SSSR count). The fraction of sp³-hybridized carbons (Fsp3) is 0.750. The molecule has 3 saturated heterocycles. The van der Waals surface area contributed by atoms with Crippen molar-refractivity contribution in [3.8, 4) is 0 Å². The summed E-state index contributed by atoms with van der Waals surface area (Å²) in [4.78, 5) is 34.5. The minimum Gasteiger partial charge on any atom is -0.383 e. The molecule has 0 unspecified atom stereocenters. The Bertz CT molecular complexity index is 758. The third kappa shape index (κ3) is 3.67. The Morgan fingerprint density at radius 2 is 2.07 bits per heavy atom. The molecule has 0 N–H and O–H groups in total. The van der Waals surface area contributed by atoms with E-state index in [1.54, 1.807) is 13.2 Å². The van der Waals surface area contributed by atoms with Crippen LogP contribution in [-0.2, 0) is 20.7 Å². The van der Waals surface area contributed by atoms with E-state index in [1.165, 1.54) is 0 Å². The van der Waals surface area contributed by atoms with E-state index in [4.69, 9.17) is 9.26 Å². The molecule has 1 atom stereocenters. The second-order valence-electron chi connectivity index (χ2n) is 8.43. The number of rotatable bonds is 5. The van der Waals surface area contributed by atoms with E-state index in [1.807, 2.05) is 16.7 Å². The zero-order valence-corrected chi connectivity index (χ0v) is 17.6. The largest absolute Gasteiger partial charge is 0.383 e. The van der Waals surface area contributed by atoms with Crippen molar-refractivity contribution < 1.29 is 18.8 Å². The van der Waals surface area contributed by atoms with Crippen molar-refractivity contribution in [1.29, 1.82) is 0 Å². The van der Waals surface area contributed by atoms with Crippen LogP contribution < -0.4 is 0 Å². The zero-order chi connectivity index (χ0) is 20.6. The maximum absolute atomic E-state index is 13.2. The van der Waals surface area contributed by atoms with Crippen molar-refractivity contribution in [2.24, 2.45) is 0 Å². The van der Waals surface area contributed by atoms with E-state index in [0.29, 0.717) is 32.0 Å². The molecule has 0 radical (unpaired) electrons. The molecule has 1 aromatic heterocycles. The van der Waals surface area contributed by atoms with Gasteiger partial charge < -0.3 is 24.0 Å². The number of carbonyl (C=O) groups is 2. The first-order valence-corrected chi connectivity index (χ1v) is 10.4. The number of amides is 2. The minimum atomic E-state index is -0.304. The molecule has 0 aromatic carbocycles. The second kappa shape index (κ2) is 8.04. The van der Waals surface area contributed by atoms with E-state index >= 15 is 0 Å². The van der Waals surface area contributed by atoms with Crippen LogP contribution in [0.2, 0.25) is 0 Å². The summed E-state index contributed by atoms with van der Waals surface area (Å²) >= 11 is 0. The molecule has 1 aromatic rings. The fourth-order valence-electron chi connectivity index (χ4n) is 5.10. The molecule has 2 amide bonds. The zero-order valence-electron chi connectivity index (χ0n) is 17.6. The van der Waals surface area contributed by atoms with Gasteiger partial charge in [0, 0.05) is 65.3 Å². The maximum atomic E-state index is 13.2. The number of aromatic nitrogens is 1. The van der Waals surface area contributed by atoms with Gasteiger partial charge in [-0.3, -0.25) is 14.5 Å². The number of hydrogen-bond donors (Lipinski definition) is 0. The van der Waals surface area contributed by atoms with Crippen LogP contribution in [0.5, 0.6) is 0 Å². The van der Waals surface area contributed by atoms with E-state index in [0.717, 1.165) is 38.2 Å². The van der Waals surface area contributed by atoms with Crippen molar-refractivity contribution in [2.45, 2.75) is 37.9 Å². The van der Waals surface area contributed by atoms with Crippen molar-refractivity contribution in [2.75, 3.05) is 60.0 Å². The van der Waals surface area contributed by atoms with Crippen LogP contribution in [0, 0.1) is 6.92 Å². The number of piperazine rings is 1. The van der Waals surface area contributed by atoms with Crippen molar-refractivity contribution in [3.63, 3.8) is 0 Å². The highest BCUT2D eigenvalue weighted by Gasteiger charge is 2.58. The Morgan fingerprint density at radius 1 is 1.31 bits per heavy atom. The molecule has 0 bridgehead atoms. The molecule has 29 heavy (non-hydrogen) atoms. The van der Waals surface area contributed by atoms with Crippen LogP contribution in [0.1, 0.15) is 24.3 Å². The highest BCUT2D eigenvalue weighted by Crippen LogP contribution is 2.41. The number of fused-ring (bicyclic) bond motifs is 2. The SMILES string of the molecule is COCCN1C(=O)[C@H]2CN(C)CCN2C12CCN(C(=O)Cc1cc(C)no1)CC2. The van der Waals surface area contributed by atoms with Crippen LogP contribution in [0.3, 0.4) is 0 Å². The summed E-state index contributed by atoms with van der Waals surface area (Å²) in [5, 5.41) is 3.86. The van der Waals surface area contributed by atoms with Crippen molar-refractivity contribution in [3.05, 3.63) is 17.5 Å². The summed E-state index contributed by atoms with van der Waals surface area (Å²) < 4.78 is 10.5. The van der Waals surface area contributed by atoms with Crippen molar-refractivity contribution in [1.82, 2.24) is 24.8 Å². The van der Waals surface area contributed by atoms with Gasteiger partial charge in [-0.2, -0.15) is 0 Å². The van der Waals surface area contributed by atoms with Gasteiger partial charge in [0.1, 0.15) is 17.5 Å². The van der Waals surface area contributed by atoms with Gasteiger partial charge in [-0.1, -0.05) is 5.16 Å². The number of piperidine rings is 1. The Kier molecular flexibility index (Phi) is 5.63. The third-order valence-corrected chi connectivity index (χ3v) is 6.61. The molecule has 4 heterocycles. The molecule has 3 aliphatic heterocycles. The number of likely N-dealkylation sites (tertiary alicyclic amines) is 1. The van der Waals surface area contributed by atoms with Gasteiger partial charge in [0.25, 0.3) is 0 Å². The van der Waals surface area contributed by atoms with Crippen molar-refractivity contribution >= 4 is 11.8 Å². The first kappa shape index (κ1) is 20.3. The summed E-state index contributed by atoms with van der Waals surface area (Å²) in [6, 6.07) is 1.71. The quantitative estimate of drug-likeness (QED) is 0.679. The molecular formula is C20H31N5O4. The van der Waals surface area contributed by atoms with Gasteiger partial charge >= 0.3 is 0 Å². The molecule has 0 aliphatic carbocycles. The lowest BCUT2D eigenvalue weighted by molar-refractivity contribution is -0.140. The van der Waals surface area contributed by atoms with E-state index in [2.05, 4.69) is 22.0 Å². The average Bonchev–Trinajstić information content (AvgIpc) is 3.20. The van der Waals surface area contributed by atoms with Gasteiger partial charge in [-0.25, -0.2) is 0 Å². The lowest BCUT2D eigenvalue weighted by Crippen LogP contribution is -2.64. The summed E-state index contributed by atoms with van der Waals surface area (Å²) in [5.74, 6) is 0.855. The van der Waals surface area contributed by atoms with Gasteiger partial charge in [-0.15, -0.1) is 0 Å². The summed E-state index contributed by atoms with van der Waals surface area (Å²) in [6.07, 6.45) is 1.77. The van der Waals surface area contributed by atoms with Gasteiger partial charge in [-0.05, 0) is 14.0 Å². The monoisotopic (exact) mass is 405 g/mol. The average molecular weight is 405 g/mol. The van der Waals surface area contributed by atoms with Crippen LogP contribution in [0.25, 0.3) is 0 Å². The number of carbonyl (C=O) groups excluding carboxylic acids is 2. The summed E-state index contributed by atoms with van der Waals surface area (Å²) in [5.41, 5.74) is 0.478. The number of methoxy groups -OCH3 is 1. The summed E-state index contributed by atoms with van der Waals surface area (Å²) in [6.45, 7) is 6.84. The first-order chi connectivity index (χ1) is 13.9. The van der Waals surface area contributed by atoms with Gasteiger partial charge in [0.05, 0.1) is 18.7 Å².